The third-order valence-corrected chi connectivity index (χ3v) is 4.37. The molecule has 1 aromatic heterocycles. The van der Waals surface area contributed by atoms with Crippen LogP contribution in [0.4, 0.5) is 5.69 Å². The van der Waals surface area contributed by atoms with Crippen molar-refractivity contribution < 1.29 is 14.3 Å². The molecule has 0 fully saturated rings. The van der Waals surface area contributed by atoms with Gasteiger partial charge in [0.25, 0.3) is 5.91 Å². The number of fused-ring (bicyclic) bond motifs is 1. The molecule has 0 bridgehead atoms. The smallest absolute Gasteiger partial charge is 0.338 e. The number of rotatable bonds is 3. The molecule has 116 valence electrons. The van der Waals surface area contributed by atoms with Crippen LogP contribution in [0.5, 0.6) is 0 Å². The Balaban J connectivity index is 1.89. The van der Waals surface area contributed by atoms with E-state index in [2.05, 4.69) is 10.3 Å². The Morgan fingerprint density at radius 2 is 2.04 bits per heavy atom. The average Bonchev–Trinajstić information content (AvgIpc) is 3.03. The molecule has 2 aromatic carbocycles. The number of hydrogen-bond donors (Lipinski definition) is 1. The van der Waals surface area contributed by atoms with Crippen molar-refractivity contribution in [2.75, 3.05) is 12.4 Å². The minimum atomic E-state index is -0.426. The maximum absolute atomic E-state index is 12.4. The van der Waals surface area contributed by atoms with Gasteiger partial charge >= 0.3 is 5.97 Å². The number of esters is 1. The third-order valence-electron chi connectivity index (χ3n) is 3.58. The normalized spacial score (nSPS) is 10.5. The van der Waals surface area contributed by atoms with E-state index in [4.69, 9.17) is 4.74 Å². The Morgan fingerprint density at radius 3 is 2.83 bits per heavy atom. The first-order valence-corrected chi connectivity index (χ1v) is 7.80. The molecule has 3 rings (SSSR count). The number of ether oxygens (including phenoxy) is 1. The van der Waals surface area contributed by atoms with Crippen LogP contribution in [0, 0.1) is 6.92 Å². The lowest BCUT2D eigenvalue weighted by Crippen LogP contribution is -2.14. The molecule has 0 aliphatic carbocycles. The maximum Gasteiger partial charge on any atom is 0.338 e. The number of carbonyl (C=O) groups is 2. The fourth-order valence-corrected chi connectivity index (χ4v) is 3.01. The molecule has 0 atom stereocenters. The highest BCUT2D eigenvalue weighted by Crippen LogP contribution is 2.22. The monoisotopic (exact) mass is 326 g/mol. The van der Waals surface area contributed by atoms with Crippen LogP contribution in [-0.2, 0) is 4.74 Å². The van der Waals surface area contributed by atoms with E-state index in [1.807, 2.05) is 12.1 Å². The van der Waals surface area contributed by atoms with Crippen LogP contribution in [0.1, 0.15) is 26.3 Å². The number of aromatic nitrogens is 1. The highest BCUT2D eigenvalue weighted by Gasteiger charge is 2.14. The van der Waals surface area contributed by atoms with Gasteiger partial charge < -0.3 is 10.1 Å². The Hall–Kier alpha value is -2.73. The summed E-state index contributed by atoms with van der Waals surface area (Å²) < 4.78 is 5.70. The van der Waals surface area contributed by atoms with Crippen LogP contribution in [0.25, 0.3) is 10.2 Å². The van der Waals surface area contributed by atoms with Crippen molar-refractivity contribution >= 4 is 39.1 Å². The number of anilines is 1. The minimum Gasteiger partial charge on any atom is -0.465 e. The maximum atomic E-state index is 12.4. The summed E-state index contributed by atoms with van der Waals surface area (Å²) in [5.41, 5.74) is 4.85. The summed E-state index contributed by atoms with van der Waals surface area (Å²) in [6.07, 6.45) is 0. The van der Waals surface area contributed by atoms with Crippen LogP contribution in [-0.4, -0.2) is 24.0 Å². The average molecular weight is 326 g/mol. The first-order chi connectivity index (χ1) is 11.1. The van der Waals surface area contributed by atoms with Crippen LogP contribution in [0.3, 0.4) is 0 Å². The van der Waals surface area contributed by atoms with Gasteiger partial charge in [0.1, 0.15) is 0 Å². The molecule has 1 amide bonds. The van der Waals surface area contributed by atoms with Gasteiger partial charge in [-0.05, 0) is 42.8 Å². The van der Waals surface area contributed by atoms with Crippen LogP contribution < -0.4 is 5.32 Å². The standard InChI is InChI=1S/C17H14N2O3S/c1-10-12(17(21)22-2)4-3-5-13(10)19-16(20)11-6-7-14-15(8-11)23-9-18-14/h3-9H,1-2H3,(H,19,20). The van der Waals surface area contributed by atoms with Crippen LogP contribution >= 0.6 is 11.3 Å². The van der Waals surface area contributed by atoms with Crippen LogP contribution in [0.15, 0.2) is 41.9 Å². The number of hydrogen-bond acceptors (Lipinski definition) is 5. The van der Waals surface area contributed by atoms with Gasteiger partial charge in [-0.1, -0.05) is 6.07 Å². The van der Waals surface area contributed by atoms with E-state index in [1.165, 1.54) is 18.4 Å². The molecule has 23 heavy (non-hydrogen) atoms. The van der Waals surface area contributed by atoms with Gasteiger partial charge in [-0.15, -0.1) is 11.3 Å². The van der Waals surface area contributed by atoms with Gasteiger partial charge in [0.15, 0.2) is 0 Å². The van der Waals surface area contributed by atoms with Gasteiger partial charge in [-0.2, -0.15) is 0 Å². The highest BCUT2D eigenvalue weighted by atomic mass is 32.1. The molecular formula is C17H14N2O3S. The molecule has 0 aliphatic rings. The SMILES string of the molecule is COC(=O)c1cccc(NC(=O)c2ccc3ncsc3c2)c1C. The van der Waals surface area contributed by atoms with Crippen LogP contribution in [0.2, 0.25) is 0 Å². The van der Waals surface area contributed by atoms with E-state index < -0.39 is 5.97 Å². The second-order valence-corrected chi connectivity index (χ2v) is 5.85. The van der Waals surface area contributed by atoms with E-state index in [9.17, 15) is 9.59 Å². The van der Waals surface area contributed by atoms with Crippen molar-refractivity contribution in [1.82, 2.24) is 4.98 Å². The van der Waals surface area contributed by atoms with Gasteiger partial charge in [0.05, 0.1) is 28.4 Å². The zero-order chi connectivity index (χ0) is 16.4. The quantitative estimate of drug-likeness (QED) is 0.746. The summed E-state index contributed by atoms with van der Waals surface area (Å²) in [4.78, 5) is 28.4. The molecule has 6 heteroatoms. The van der Waals surface area contributed by atoms with Gasteiger partial charge in [0, 0.05) is 11.3 Å². The third kappa shape index (κ3) is 2.93. The molecule has 3 aromatic rings. The number of nitrogens with one attached hydrogen (secondary N) is 1. The lowest BCUT2D eigenvalue weighted by Gasteiger charge is -2.11. The Labute approximate surface area is 136 Å². The topological polar surface area (TPSA) is 68.3 Å². The Morgan fingerprint density at radius 1 is 1.22 bits per heavy atom. The van der Waals surface area contributed by atoms with Gasteiger partial charge in [-0.25, -0.2) is 9.78 Å². The molecule has 0 aliphatic heterocycles. The Bertz CT molecular complexity index is 902. The van der Waals surface area contributed by atoms with Gasteiger partial charge in [-0.3, -0.25) is 4.79 Å². The predicted molar refractivity (Wildman–Crippen MR) is 90.1 cm³/mol. The molecule has 5 nitrogen and oxygen atoms in total. The van der Waals surface area contributed by atoms with Crippen molar-refractivity contribution in [1.29, 1.82) is 0 Å². The molecule has 1 N–H and O–H groups in total. The second-order valence-electron chi connectivity index (χ2n) is 4.96. The summed E-state index contributed by atoms with van der Waals surface area (Å²) >= 11 is 1.49. The molecule has 1 heterocycles. The number of benzene rings is 2. The first kappa shape index (κ1) is 15.2. The van der Waals surface area contributed by atoms with Crippen molar-refractivity contribution in [3.8, 4) is 0 Å². The first-order valence-electron chi connectivity index (χ1n) is 6.92. The summed E-state index contributed by atoms with van der Waals surface area (Å²) in [6, 6.07) is 10.5. The fourth-order valence-electron chi connectivity index (χ4n) is 2.29. The van der Waals surface area contributed by atoms with Crippen molar-refractivity contribution in [3.05, 3.63) is 58.6 Å². The summed E-state index contributed by atoms with van der Waals surface area (Å²) in [6.45, 7) is 1.77. The zero-order valence-corrected chi connectivity index (χ0v) is 13.4. The molecule has 0 radical (unpaired) electrons. The summed E-state index contributed by atoms with van der Waals surface area (Å²) in [5.74, 6) is -0.657. The summed E-state index contributed by atoms with van der Waals surface area (Å²) in [7, 11) is 1.33. The lowest BCUT2D eigenvalue weighted by atomic mass is 10.1. The highest BCUT2D eigenvalue weighted by molar-refractivity contribution is 7.16. The molecule has 0 saturated heterocycles. The molecule has 0 saturated carbocycles. The minimum absolute atomic E-state index is 0.231. The van der Waals surface area contributed by atoms with Crippen molar-refractivity contribution in [3.63, 3.8) is 0 Å². The number of thiazole rings is 1. The molecular weight excluding hydrogens is 312 g/mol. The van der Waals surface area contributed by atoms with Crippen molar-refractivity contribution in [2.24, 2.45) is 0 Å². The van der Waals surface area contributed by atoms with E-state index in [0.29, 0.717) is 22.4 Å². The largest absolute Gasteiger partial charge is 0.465 e. The number of nitrogens with zero attached hydrogens (tertiary/aromatic N) is 1. The van der Waals surface area contributed by atoms with E-state index in [1.54, 1.807) is 36.7 Å². The Kier molecular flexibility index (Phi) is 4.08. The lowest BCUT2D eigenvalue weighted by molar-refractivity contribution is 0.0599. The van der Waals surface area contributed by atoms with Gasteiger partial charge in [0.2, 0.25) is 0 Å². The number of carbonyl (C=O) groups excluding carboxylic acids is 2. The van der Waals surface area contributed by atoms with Crippen molar-refractivity contribution in [2.45, 2.75) is 6.92 Å². The second kappa shape index (κ2) is 6.18. The molecule has 0 unspecified atom stereocenters. The summed E-state index contributed by atoms with van der Waals surface area (Å²) in [5, 5.41) is 2.84. The molecule has 0 spiro atoms. The number of methoxy groups -OCH3 is 1. The van der Waals surface area contributed by atoms with E-state index >= 15 is 0 Å². The zero-order valence-electron chi connectivity index (χ0n) is 12.6. The fraction of sp³-hybridized carbons (Fsp3) is 0.118. The predicted octanol–water partition coefficient (Wildman–Crippen LogP) is 3.64. The van der Waals surface area contributed by atoms with E-state index in [0.717, 1.165) is 10.2 Å². The van der Waals surface area contributed by atoms with E-state index in [-0.39, 0.29) is 5.91 Å². The number of amides is 1.